The average Bonchev–Trinajstić information content (AvgIpc) is 3.01. The van der Waals surface area contributed by atoms with E-state index in [1.165, 1.54) is 25.4 Å². The van der Waals surface area contributed by atoms with Crippen LogP contribution in [0.3, 0.4) is 0 Å². The number of alkyl halides is 3. The topological polar surface area (TPSA) is 80.9 Å². The van der Waals surface area contributed by atoms with Crippen LogP contribution in [0.25, 0.3) is 16.4 Å². The van der Waals surface area contributed by atoms with E-state index >= 15 is 0 Å². The zero-order valence-corrected chi connectivity index (χ0v) is 16.2. The lowest BCUT2D eigenvalue weighted by molar-refractivity contribution is -0.137. The minimum atomic E-state index is -4.61. The third-order valence-electron chi connectivity index (χ3n) is 3.54. The molecule has 28 heavy (non-hydrogen) atoms. The van der Waals surface area contributed by atoms with Crippen LogP contribution in [0.15, 0.2) is 30.5 Å². The number of carbonyl (C=O) groups is 1. The van der Waals surface area contributed by atoms with Crippen molar-refractivity contribution in [1.29, 1.82) is 5.41 Å². The maximum Gasteiger partial charge on any atom is 0.416 e. The number of ether oxygens (including phenoxy) is 1. The molecule has 2 aromatic heterocycles. The second kappa shape index (κ2) is 7.53. The molecule has 0 saturated heterocycles. The molecular weight excluding hydrogens is 440 g/mol. The van der Waals surface area contributed by atoms with E-state index in [9.17, 15) is 18.0 Å². The number of esters is 1. The van der Waals surface area contributed by atoms with Crippen LogP contribution in [0.1, 0.15) is 15.9 Å². The Bertz CT molecular complexity index is 1090. The van der Waals surface area contributed by atoms with Gasteiger partial charge in [0.25, 0.3) is 0 Å². The molecule has 0 aliphatic rings. The van der Waals surface area contributed by atoms with Gasteiger partial charge in [0.05, 0.1) is 28.3 Å². The van der Waals surface area contributed by atoms with Crippen LogP contribution in [0.2, 0.25) is 10.0 Å². The molecule has 1 aromatic carbocycles. The summed E-state index contributed by atoms with van der Waals surface area (Å²) in [7, 11) is 1.24. The summed E-state index contributed by atoms with van der Waals surface area (Å²) in [5.41, 5.74) is -0.469. The third kappa shape index (κ3) is 3.89. The van der Waals surface area contributed by atoms with Crippen molar-refractivity contribution in [3.8, 4) is 16.4 Å². The number of hydrogen-bond acceptors (Lipinski definition) is 6. The van der Waals surface area contributed by atoms with Crippen molar-refractivity contribution in [2.45, 2.75) is 6.18 Å². The number of aromatic nitrogens is 3. The lowest BCUT2D eigenvalue weighted by Crippen LogP contribution is -2.14. The van der Waals surface area contributed by atoms with Gasteiger partial charge in [0.15, 0.2) is 5.01 Å². The smallest absolute Gasteiger partial charge is 0.416 e. The highest BCUT2D eigenvalue weighted by Gasteiger charge is 2.32. The van der Waals surface area contributed by atoms with Crippen LogP contribution < -0.4 is 4.80 Å². The Hall–Kier alpha value is -2.43. The number of halogens is 5. The first-order valence-corrected chi connectivity index (χ1v) is 8.95. The Morgan fingerprint density at radius 2 is 1.89 bits per heavy atom. The van der Waals surface area contributed by atoms with E-state index in [2.05, 4.69) is 14.8 Å². The molecular formula is C16H9Cl2F3N4O2S. The molecule has 12 heteroatoms. The molecule has 0 amide bonds. The summed E-state index contributed by atoms with van der Waals surface area (Å²) in [5.74, 6) is -0.558. The fraction of sp³-hybridized carbons (Fsp3) is 0.125. The number of hydrogen-bond donors (Lipinski definition) is 1. The predicted octanol–water partition coefficient (Wildman–Crippen LogP) is 4.59. The fourth-order valence-electron chi connectivity index (χ4n) is 2.24. The lowest BCUT2D eigenvalue weighted by Gasteiger charge is -2.12. The van der Waals surface area contributed by atoms with Crippen molar-refractivity contribution in [3.05, 3.63) is 56.4 Å². The number of nitrogens with one attached hydrogen (secondary N) is 1. The number of carbonyl (C=O) groups excluding carboxylic acids is 1. The van der Waals surface area contributed by atoms with Crippen LogP contribution in [0.5, 0.6) is 0 Å². The third-order valence-corrected chi connectivity index (χ3v) is 4.96. The number of benzene rings is 1. The van der Waals surface area contributed by atoms with Crippen molar-refractivity contribution in [2.75, 3.05) is 7.11 Å². The van der Waals surface area contributed by atoms with Gasteiger partial charge >= 0.3 is 12.1 Å². The quantitative estimate of drug-likeness (QED) is 0.594. The van der Waals surface area contributed by atoms with E-state index in [0.717, 1.165) is 28.2 Å². The van der Waals surface area contributed by atoms with Crippen LogP contribution in [-0.4, -0.2) is 27.8 Å². The van der Waals surface area contributed by atoms with E-state index in [0.29, 0.717) is 5.69 Å². The van der Waals surface area contributed by atoms with Gasteiger partial charge in [0, 0.05) is 6.20 Å². The van der Waals surface area contributed by atoms with Gasteiger partial charge in [0.2, 0.25) is 4.80 Å². The Balaban J connectivity index is 2.04. The predicted molar refractivity (Wildman–Crippen MR) is 96.9 cm³/mol. The second-order valence-electron chi connectivity index (χ2n) is 5.33. The molecule has 0 aliphatic heterocycles. The van der Waals surface area contributed by atoms with E-state index in [1.54, 1.807) is 0 Å². The average molecular weight is 449 g/mol. The van der Waals surface area contributed by atoms with Crippen molar-refractivity contribution >= 4 is 40.5 Å². The largest absolute Gasteiger partial charge is 0.465 e. The maximum atomic E-state index is 12.9. The van der Waals surface area contributed by atoms with E-state index < -0.39 is 17.7 Å². The molecule has 1 N–H and O–H groups in total. The number of pyridine rings is 1. The van der Waals surface area contributed by atoms with Crippen molar-refractivity contribution in [1.82, 2.24) is 14.8 Å². The summed E-state index contributed by atoms with van der Waals surface area (Å²) < 4.78 is 44.3. The normalized spacial score (nSPS) is 11.5. The molecule has 0 radical (unpaired) electrons. The first-order chi connectivity index (χ1) is 13.1. The van der Waals surface area contributed by atoms with Crippen molar-refractivity contribution in [3.63, 3.8) is 0 Å². The highest BCUT2D eigenvalue weighted by Crippen LogP contribution is 2.37. The van der Waals surface area contributed by atoms with Gasteiger partial charge in [-0.25, -0.2) is 9.48 Å². The van der Waals surface area contributed by atoms with Gasteiger partial charge in [0.1, 0.15) is 11.4 Å². The van der Waals surface area contributed by atoms with Crippen molar-refractivity contribution < 1.29 is 22.7 Å². The summed E-state index contributed by atoms with van der Waals surface area (Å²) in [6.07, 6.45) is -3.33. The van der Waals surface area contributed by atoms with E-state index in [4.69, 9.17) is 28.6 Å². The van der Waals surface area contributed by atoms with Gasteiger partial charge in [-0.05, 0) is 24.3 Å². The molecule has 0 atom stereocenters. The molecule has 0 saturated carbocycles. The van der Waals surface area contributed by atoms with Gasteiger partial charge in [-0.3, -0.25) is 10.4 Å². The SMILES string of the molecule is COC(=O)c1ccc(-c2nn(-c3c(Cl)cc(C(F)(F)F)cc3Cl)c(=N)s2)nc1. The van der Waals surface area contributed by atoms with E-state index in [-0.39, 0.29) is 31.1 Å². The number of rotatable bonds is 3. The Morgan fingerprint density at radius 3 is 2.39 bits per heavy atom. The molecule has 0 spiro atoms. The van der Waals surface area contributed by atoms with Gasteiger partial charge in [-0.2, -0.15) is 18.3 Å². The van der Waals surface area contributed by atoms with Gasteiger partial charge in [-0.15, -0.1) is 0 Å². The summed E-state index contributed by atoms with van der Waals surface area (Å²) >= 11 is 12.9. The van der Waals surface area contributed by atoms with Crippen LogP contribution in [-0.2, 0) is 10.9 Å². The lowest BCUT2D eigenvalue weighted by atomic mass is 10.2. The minimum absolute atomic E-state index is 0.0463. The van der Waals surface area contributed by atoms with E-state index in [1.807, 2.05) is 0 Å². The first kappa shape index (κ1) is 20.3. The summed E-state index contributed by atoms with van der Waals surface area (Å²) in [4.78, 5) is 15.4. The summed E-state index contributed by atoms with van der Waals surface area (Å²) in [6.45, 7) is 0. The maximum absolute atomic E-state index is 12.9. The standard InChI is InChI=1S/C16H9Cl2F3N4O2S/c1-27-14(26)7-2-3-11(23-6-7)13-24-25(15(22)28-13)12-9(17)4-8(5-10(12)18)16(19,20)21/h2-6,22H,1H3. The van der Waals surface area contributed by atoms with Gasteiger partial charge in [-0.1, -0.05) is 34.5 Å². The van der Waals surface area contributed by atoms with Crippen LogP contribution >= 0.6 is 34.5 Å². The molecule has 3 rings (SSSR count). The molecule has 146 valence electrons. The Labute approximate surface area is 169 Å². The zero-order chi connectivity index (χ0) is 20.6. The van der Waals surface area contributed by atoms with Crippen molar-refractivity contribution in [2.24, 2.45) is 0 Å². The monoisotopic (exact) mass is 448 g/mol. The number of methoxy groups -OCH3 is 1. The highest BCUT2D eigenvalue weighted by molar-refractivity contribution is 7.12. The molecule has 3 aromatic rings. The zero-order valence-electron chi connectivity index (χ0n) is 13.8. The molecule has 2 heterocycles. The molecule has 0 fully saturated rings. The molecule has 0 bridgehead atoms. The Morgan fingerprint density at radius 1 is 1.25 bits per heavy atom. The second-order valence-corrected chi connectivity index (χ2v) is 7.13. The van der Waals surface area contributed by atoms with Crippen LogP contribution in [0.4, 0.5) is 13.2 Å². The number of nitrogens with zero attached hydrogens (tertiary/aromatic N) is 3. The minimum Gasteiger partial charge on any atom is -0.465 e. The first-order valence-electron chi connectivity index (χ1n) is 7.38. The fourth-order valence-corrected chi connectivity index (χ4v) is 3.63. The summed E-state index contributed by atoms with van der Waals surface area (Å²) in [6, 6.07) is 4.42. The highest BCUT2D eigenvalue weighted by atomic mass is 35.5. The summed E-state index contributed by atoms with van der Waals surface area (Å²) in [5, 5.41) is 11.9. The molecule has 0 aliphatic carbocycles. The van der Waals surface area contributed by atoms with Crippen LogP contribution in [0, 0.1) is 5.41 Å². The molecule has 0 unspecified atom stereocenters. The Kier molecular flexibility index (Phi) is 5.46. The van der Waals surface area contributed by atoms with Gasteiger partial charge < -0.3 is 4.74 Å². The molecule has 6 nitrogen and oxygen atoms in total.